The molecular formula is C26H21ClFN3O3S. The fraction of sp³-hybridized carbons (Fsp3) is 0.154. The van der Waals surface area contributed by atoms with Gasteiger partial charge in [-0.1, -0.05) is 30.4 Å². The summed E-state index contributed by atoms with van der Waals surface area (Å²) in [5, 5.41) is 6.32. The molecule has 0 saturated carbocycles. The summed E-state index contributed by atoms with van der Waals surface area (Å²) in [6, 6.07) is 14.4. The Kier molecular flexibility index (Phi) is 8.16. The third-order valence-corrected chi connectivity index (χ3v) is 5.98. The molecule has 0 spiro atoms. The van der Waals surface area contributed by atoms with Gasteiger partial charge < -0.3 is 20.1 Å². The van der Waals surface area contributed by atoms with Crippen LogP contribution < -0.4 is 20.1 Å². The van der Waals surface area contributed by atoms with Crippen LogP contribution in [0, 0.1) is 17.7 Å². The summed E-state index contributed by atoms with van der Waals surface area (Å²) in [6.07, 6.45) is 1.60. The predicted molar refractivity (Wildman–Crippen MR) is 137 cm³/mol. The van der Waals surface area contributed by atoms with Gasteiger partial charge in [-0.05, 0) is 49.0 Å². The van der Waals surface area contributed by atoms with Gasteiger partial charge in [0.05, 0.1) is 21.6 Å². The van der Waals surface area contributed by atoms with Gasteiger partial charge >= 0.3 is 0 Å². The minimum atomic E-state index is -0.617. The topological polar surface area (TPSA) is 72.5 Å². The van der Waals surface area contributed by atoms with Crippen LogP contribution >= 0.6 is 22.9 Å². The van der Waals surface area contributed by atoms with Crippen LogP contribution in [0.4, 0.5) is 10.1 Å². The Balaban J connectivity index is 1.41. The Morgan fingerprint density at radius 1 is 1.14 bits per heavy atom. The lowest BCUT2D eigenvalue weighted by atomic mass is 10.2. The molecule has 9 heteroatoms. The van der Waals surface area contributed by atoms with Crippen molar-refractivity contribution in [3.05, 3.63) is 76.5 Å². The zero-order valence-corrected chi connectivity index (χ0v) is 20.3. The molecule has 0 unspecified atom stereocenters. The number of halogens is 2. The number of ether oxygens (including phenoxy) is 2. The van der Waals surface area contributed by atoms with Gasteiger partial charge in [0.25, 0.3) is 5.91 Å². The first-order valence-electron chi connectivity index (χ1n) is 10.8. The molecule has 0 aliphatic carbocycles. The molecule has 2 N–H and O–H groups in total. The summed E-state index contributed by atoms with van der Waals surface area (Å²) in [4.78, 5) is 17.4. The molecular weight excluding hydrogens is 489 g/mol. The lowest BCUT2D eigenvalue weighted by molar-refractivity contribution is -0.118. The average molecular weight is 510 g/mol. The van der Waals surface area contributed by atoms with E-state index in [1.807, 2.05) is 13.0 Å². The minimum Gasteiger partial charge on any atom is -0.484 e. The second-order valence-electron chi connectivity index (χ2n) is 7.25. The van der Waals surface area contributed by atoms with E-state index in [0.29, 0.717) is 23.1 Å². The van der Waals surface area contributed by atoms with Crippen LogP contribution in [0.3, 0.4) is 0 Å². The van der Waals surface area contributed by atoms with Crippen molar-refractivity contribution < 1.29 is 18.7 Å². The minimum absolute atomic E-state index is 0.0288. The monoisotopic (exact) mass is 509 g/mol. The Labute approximate surface area is 211 Å². The number of thiophene rings is 1. The number of nitrogens with one attached hydrogen (secondary N) is 2. The summed E-state index contributed by atoms with van der Waals surface area (Å²) in [5.41, 5.74) is 1.01. The van der Waals surface area contributed by atoms with Gasteiger partial charge in [0.15, 0.2) is 18.2 Å². The number of nitrogens with zero attached hydrogens (tertiary/aromatic N) is 1. The fourth-order valence-electron chi connectivity index (χ4n) is 3.03. The van der Waals surface area contributed by atoms with Crippen molar-refractivity contribution in [2.24, 2.45) is 0 Å². The summed E-state index contributed by atoms with van der Waals surface area (Å²) in [6.45, 7) is 3.25. The molecule has 4 aromatic rings. The molecule has 0 atom stereocenters. The highest BCUT2D eigenvalue weighted by molar-refractivity contribution is 7.19. The van der Waals surface area contributed by atoms with Gasteiger partial charge in [-0.15, -0.1) is 11.3 Å². The molecule has 0 radical (unpaired) electrons. The highest BCUT2D eigenvalue weighted by atomic mass is 35.5. The smallest absolute Gasteiger partial charge is 0.262 e. The van der Waals surface area contributed by atoms with Crippen molar-refractivity contribution >= 4 is 44.7 Å². The third kappa shape index (κ3) is 6.70. The van der Waals surface area contributed by atoms with E-state index in [9.17, 15) is 9.18 Å². The molecule has 0 aliphatic rings. The Hall–Kier alpha value is -3.64. The van der Waals surface area contributed by atoms with Gasteiger partial charge in [-0.2, -0.15) is 0 Å². The number of carbonyl (C=O) groups excluding carboxylic acids is 1. The van der Waals surface area contributed by atoms with Crippen LogP contribution in [0.1, 0.15) is 11.8 Å². The summed E-state index contributed by atoms with van der Waals surface area (Å²) in [5.74, 6) is 6.12. The lowest BCUT2D eigenvalue weighted by Crippen LogP contribution is -2.20. The van der Waals surface area contributed by atoms with E-state index >= 15 is 0 Å². The molecule has 0 fully saturated rings. The van der Waals surface area contributed by atoms with Gasteiger partial charge in [0.2, 0.25) is 0 Å². The molecule has 2 aromatic carbocycles. The van der Waals surface area contributed by atoms with Gasteiger partial charge in [-0.3, -0.25) is 9.78 Å². The second-order valence-corrected chi connectivity index (χ2v) is 8.74. The first-order valence-corrected chi connectivity index (χ1v) is 11.9. The first kappa shape index (κ1) is 24.5. The van der Waals surface area contributed by atoms with E-state index in [0.717, 1.165) is 21.6 Å². The maximum Gasteiger partial charge on any atom is 0.262 e. The van der Waals surface area contributed by atoms with Gasteiger partial charge in [0, 0.05) is 29.0 Å². The number of aromatic nitrogens is 1. The second kappa shape index (κ2) is 11.7. The van der Waals surface area contributed by atoms with Crippen molar-refractivity contribution in [3.63, 3.8) is 0 Å². The number of hydrogen-bond donors (Lipinski definition) is 2. The van der Waals surface area contributed by atoms with Crippen molar-refractivity contribution in [3.8, 4) is 29.1 Å². The van der Waals surface area contributed by atoms with E-state index in [-0.39, 0.29) is 18.0 Å². The third-order valence-electron chi connectivity index (χ3n) is 4.67. The summed E-state index contributed by atoms with van der Waals surface area (Å²) < 4.78 is 26.8. The Bertz CT molecular complexity index is 1400. The molecule has 2 heterocycles. The van der Waals surface area contributed by atoms with E-state index in [4.69, 9.17) is 21.1 Å². The van der Waals surface area contributed by atoms with Gasteiger partial charge in [0.1, 0.15) is 11.5 Å². The number of carbonyl (C=O) groups is 1. The van der Waals surface area contributed by atoms with E-state index in [2.05, 4.69) is 27.5 Å². The number of benzene rings is 2. The van der Waals surface area contributed by atoms with E-state index in [1.165, 1.54) is 23.5 Å². The summed E-state index contributed by atoms with van der Waals surface area (Å²) in [7, 11) is 0. The number of pyridine rings is 1. The first-order chi connectivity index (χ1) is 17.0. The number of rotatable bonds is 8. The van der Waals surface area contributed by atoms with E-state index in [1.54, 1.807) is 42.6 Å². The maximum atomic E-state index is 14.8. The number of anilines is 1. The van der Waals surface area contributed by atoms with E-state index < -0.39 is 11.7 Å². The Morgan fingerprint density at radius 2 is 1.97 bits per heavy atom. The quantitative estimate of drug-likeness (QED) is 0.230. The molecule has 0 bridgehead atoms. The maximum absolute atomic E-state index is 14.8. The van der Waals surface area contributed by atoms with Crippen LogP contribution in [-0.4, -0.2) is 30.6 Å². The standard InChI is InChI=1S/C26H21ClFN3O3S/c1-2-29-12-3-4-20-15-22-26(35-20)24(11-13-30-22)34-23-10-7-18(14-21(23)28)31-25(32)16-33-19-8-5-17(27)6-9-19/h5-11,13-15,29H,2,12,16H2,1H3,(H,31,32). The number of fused-ring (bicyclic) bond motifs is 1. The molecule has 0 saturated heterocycles. The highest BCUT2D eigenvalue weighted by Gasteiger charge is 2.13. The van der Waals surface area contributed by atoms with Crippen LogP contribution in [0.25, 0.3) is 10.2 Å². The van der Waals surface area contributed by atoms with Crippen LogP contribution in [-0.2, 0) is 4.79 Å². The Morgan fingerprint density at radius 3 is 2.74 bits per heavy atom. The molecule has 178 valence electrons. The van der Waals surface area contributed by atoms with Crippen molar-refractivity contribution in [2.75, 3.05) is 25.0 Å². The largest absolute Gasteiger partial charge is 0.484 e. The predicted octanol–water partition coefficient (Wildman–Crippen LogP) is 5.86. The molecule has 0 aliphatic heterocycles. The fourth-order valence-corrected chi connectivity index (χ4v) is 4.10. The molecule has 6 nitrogen and oxygen atoms in total. The molecule has 2 aromatic heterocycles. The normalized spacial score (nSPS) is 10.5. The number of amides is 1. The number of hydrogen-bond acceptors (Lipinski definition) is 6. The zero-order valence-electron chi connectivity index (χ0n) is 18.7. The molecule has 1 amide bonds. The van der Waals surface area contributed by atoms with Crippen molar-refractivity contribution in [1.29, 1.82) is 0 Å². The highest BCUT2D eigenvalue weighted by Crippen LogP contribution is 2.35. The summed E-state index contributed by atoms with van der Waals surface area (Å²) >= 11 is 7.26. The SMILES string of the molecule is CCNCC#Cc1cc2nccc(Oc3ccc(NC(=O)COc4ccc(Cl)cc4)cc3F)c2s1. The van der Waals surface area contributed by atoms with Gasteiger partial charge in [-0.25, -0.2) is 4.39 Å². The lowest BCUT2D eigenvalue weighted by Gasteiger charge is -2.10. The van der Waals surface area contributed by atoms with Crippen LogP contribution in [0.2, 0.25) is 5.02 Å². The zero-order chi connectivity index (χ0) is 24.6. The van der Waals surface area contributed by atoms with Crippen LogP contribution in [0.5, 0.6) is 17.2 Å². The average Bonchev–Trinajstić information content (AvgIpc) is 3.27. The molecule has 4 rings (SSSR count). The molecule has 35 heavy (non-hydrogen) atoms. The van der Waals surface area contributed by atoms with Crippen molar-refractivity contribution in [2.45, 2.75) is 6.92 Å². The van der Waals surface area contributed by atoms with Crippen molar-refractivity contribution in [1.82, 2.24) is 10.3 Å². The van der Waals surface area contributed by atoms with Crippen LogP contribution in [0.15, 0.2) is 60.8 Å².